The number of methoxy groups -OCH3 is 1. The predicted molar refractivity (Wildman–Crippen MR) is 120 cm³/mol. The highest BCUT2D eigenvalue weighted by molar-refractivity contribution is 6.02. The molecule has 4 heterocycles. The fourth-order valence-electron chi connectivity index (χ4n) is 4.04. The summed E-state index contributed by atoms with van der Waals surface area (Å²) >= 11 is 0. The van der Waals surface area contributed by atoms with Crippen molar-refractivity contribution >= 4 is 11.4 Å². The lowest BCUT2D eigenvalue weighted by Crippen LogP contribution is -2.47. The largest absolute Gasteiger partial charge is 0.497 e. The van der Waals surface area contributed by atoms with E-state index in [1.165, 1.54) is 0 Å². The van der Waals surface area contributed by atoms with Gasteiger partial charge in [0.05, 0.1) is 29.6 Å². The Balaban J connectivity index is 1.51. The normalized spacial score (nSPS) is 14.8. The van der Waals surface area contributed by atoms with Crippen molar-refractivity contribution in [3.05, 3.63) is 72.6 Å². The molecule has 4 aromatic rings. The zero-order valence-electron chi connectivity index (χ0n) is 17.7. The van der Waals surface area contributed by atoms with Crippen LogP contribution in [0.3, 0.4) is 0 Å². The molecule has 7 nitrogen and oxygen atoms in total. The van der Waals surface area contributed by atoms with Gasteiger partial charge < -0.3 is 18.9 Å². The minimum atomic E-state index is 0.0811. The molecule has 0 atom stereocenters. The van der Waals surface area contributed by atoms with Gasteiger partial charge in [-0.1, -0.05) is 6.07 Å². The standard InChI is InChI=1S/C24H25N5O2/c1-26-13-15-27(16-14-26)24(30)20-17-23(28-11-4-3-5-22(20)28)21-10-12-29(25-21)18-6-8-19(31-2)9-7-18/h3-12,17H,13-16H2,1-2H3. The Morgan fingerprint density at radius 1 is 0.968 bits per heavy atom. The number of ether oxygens (including phenoxy) is 1. The van der Waals surface area contributed by atoms with Gasteiger partial charge in [-0.25, -0.2) is 4.68 Å². The molecule has 0 saturated carbocycles. The van der Waals surface area contributed by atoms with Crippen LogP contribution in [-0.2, 0) is 0 Å². The van der Waals surface area contributed by atoms with Gasteiger partial charge in [0.25, 0.3) is 5.91 Å². The maximum atomic E-state index is 13.3. The molecule has 1 aliphatic heterocycles. The Morgan fingerprint density at radius 3 is 2.48 bits per heavy atom. The second kappa shape index (κ2) is 7.92. The van der Waals surface area contributed by atoms with Crippen LogP contribution in [0.25, 0.3) is 22.6 Å². The molecule has 7 heteroatoms. The van der Waals surface area contributed by atoms with Gasteiger partial charge in [0.15, 0.2) is 0 Å². The number of amides is 1. The molecule has 1 saturated heterocycles. The number of benzene rings is 1. The summed E-state index contributed by atoms with van der Waals surface area (Å²) in [5, 5.41) is 4.77. The molecule has 158 valence electrons. The molecule has 1 amide bonds. The number of likely N-dealkylation sites (N-methyl/N-ethyl adjacent to an activating group) is 1. The predicted octanol–water partition coefficient (Wildman–Crippen LogP) is 3.19. The third kappa shape index (κ3) is 3.57. The molecule has 1 aromatic carbocycles. The van der Waals surface area contributed by atoms with Crippen molar-refractivity contribution in [2.24, 2.45) is 0 Å². The van der Waals surface area contributed by atoms with Crippen molar-refractivity contribution in [2.45, 2.75) is 0 Å². The maximum Gasteiger partial charge on any atom is 0.256 e. The first-order chi connectivity index (χ1) is 15.1. The molecule has 31 heavy (non-hydrogen) atoms. The van der Waals surface area contributed by atoms with E-state index in [0.29, 0.717) is 0 Å². The van der Waals surface area contributed by atoms with Crippen molar-refractivity contribution in [1.29, 1.82) is 0 Å². The molecule has 5 rings (SSSR count). The lowest BCUT2D eigenvalue weighted by Gasteiger charge is -2.32. The maximum absolute atomic E-state index is 13.3. The van der Waals surface area contributed by atoms with Crippen molar-refractivity contribution in [2.75, 3.05) is 40.3 Å². The van der Waals surface area contributed by atoms with Crippen LogP contribution >= 0.6 is 0 Å². The highest BCUT2D eigenvalue weighted by atomic mass is 16.5. The van der Waals surface area contributed by atoms with E-state index in [9.17, 15) is 4.79 Å². The number of hydrogen-bond acceptors (Lipinski definition) is 4. The summed E-state index contributed by atoms with van der Waals surface area (Å²) in [4.78, 5) is 17.5. The van der Waals surface area contributed by atoms with Crippen molar-refractivity contribution in [3.8, 4) is 22.8 Å². The molecular formula is C24H25N5O2. The fraction of sp³-hybridized carbons (Fsp3) is 0.250. The van der Waals surface area contributed by atoms with E-state index >= 15 is 0 Å². The summed E-state index contributed by atoms with van der Waals surface area (Å²) < 4.78 is 9.12. The first kappa shape index (κ1) is 19.4. The van der Waals surface area contributed by atoms with Gasteiger partial charge in [0, 0.05) is 38.6 Å². The average molecular weight is 415 g/mol. The summed E-state index contributed by atoms with van der Waals surface area (Å²) in [5.41, 5.74) is 4.29. The zero-order valence-corrected chi connectivity index (χ0v) is 17.7. The molecular weight excluding hydrogens is 390 g/mol. The second-order valence-electron chi connectivity index (χ2n) is 7.84. The quantitative estimate of drug-likeness (QED) is 0.514. The van der Waals surface area contributed by atoms with Crippen LogP contribution in [0.15, 0.2) is 67.0 Å². The summed E-state index contributed by atoms with van der Waals surface area (Å²) in [6.45, 7) is 3.30. The van der Waals surface area contributed by atoms with Crippen LogP contribution < -0.4 is 4.74 Å². The number of carbonyl (C=O) groups is 1. The SMILES string of the molecule is COc1ccc(-n2ccc(-c3cc(C(=O)N4CCN(C)CC4)c4ccccn34)n2)cc1. The Labute approximate surface area is 181 Å². The van der Waals surface area contributed by atoms with Gasteiger partial charge in [-0.3, -0.25) is 4.79 Å². The zero-order chi connectivity index (χ0) is 21.4. The molecule has 1 fully saturated rings. The Kier molecular flexibility index (Phi) is 4.95. The van der Waals surface area contributed by atoms with E-state index in [1.54, 1.807) is 7.11 Å². The highest BCUT2D eigenvalue weighted by Crippen LogP contribution is 2.27. The number of hydrogen-bond donors (Lipinski definition) is 0. The highest BCUT2D eigenvalue weighted by Gasteiger charge is 2.24. The lowest BCUT2D eigenvalue weighted by atomic mass is 10.2. The van der Waals surface area contributed by atoms with Crippen molar-refractivity contribution in [1.82, 2.24) is 24.0 Å². The first-order valence-electron chi connectivity index (χ1n) is 10.4. The van der Waals surface area contributed by atoms with E-state index in [-0.39, 0.29) is 5.91 Å². The summed E-state index contributed by atoms with van der Waals surface area (Å²) in [7, 11) is 3.74. The number of fused-ring (bicyclic) bond motifs is 1. The van der Waals surface area contributed by atoms with Crippen LogP contribution in [0.5, 0.6) is 5.75 Å². The minimum absolute atomic E-state index is 0.0811. The third-order valence-corrected chi connectivity index (χ3v) is 5.89. The van der Waals surface area contributed by atoms with Gasteiger partial charge in [-0.15, -0.1) is 0 Å². The van der Waals surface area contributed by atoms with Gasteiger partial charge in [0.1, 0.15) is 11.4 Å². The molecule has 0 radical (unpaired) electrons. The van der Waals surface area contributed by atoms with E-state index in [0.717, 1.165) is 60.1 Å². The molecule has 0 unspecified atom stereocenters. The van der Waals surface area contributed by atoms with Crippen LogP contribution in [0.1, 0.15) is 10.4 Å². The molecule has 1 aliphatic rings. The summed E-state index contributed by atoms with van der Waals surface area (Å²) in [6.07, 6.45) is 3.92. The number of nitrogens with zero attached hydrogens (tertiary/aromatic N) is 5. The number of aromatic nitrogens is 3. The van der Waals surface area contributed by atoms with Gasteiger partial charge >= 0.3 is 0 Å². The van der Waals surface area contributed by atoms with Crippen molar-refractivity contribution in [3.63, 3.8) is 0 Å². The smallest absolute Gasteiger partial charge is 0.256 e. The van der Waals surface area contributed by atoms with Crippen molar-refractivity contribution < 1.29 is 9.53 Å². The minimum Gasteiger partial charge on any atom is -0.497 e. The third-order valence-electron chi connectivity index (χ3n) is 5.89. The first-order valence-corrected chi connectivity index (χ1v) is 10.4. The Bertz CT molecular complexity index is 1220. The fourth-order valence-corrected chi connectivity index (χ4v) is 4.04. The topological polar surface area (TPSA) is 55.0 Å². The lowest BCUT2D eigenvalue weighted by molar-refractivity contribution is 0.0666. The molecule has 0 N–H and O–H groups in total. The number of carbonyl (C=O) groups excluding carboxylic acids is 1. The van der Waals surface area contributed by atoms with E-state index < -0.39 is 0 Å². The summed E-state index contributed by atoms with van der Waals surface area (Å²) in [6, 6.07) is 17.6. The molecule has 0 spiro atoms. The average Bonchev–Trinajstić information content (AvgIpc) is 3.44. The molecule has 0 aliphatic carbocycles. The second-order valence-corrected chi connectivity index (χ2v) is 7.84. The van der Waals surface area contributed by atoms with Gasteiger partial charge in [-0.05, 0) is 55.6 Å². The van der Waals surface area contributed by atoms with Gasteiger partial charge in [0.2, 0.25) is 0 Å². The number of piperazine rings is 1. The van der Waals surface area contributed by atoms with Crippen LogP contribution in [0, 0.1) is 0 Å². The van der Waals surface area contributed by atoms with Crippen LogP contribution in [-0.4, -0.2) is 70.2 Å². The van der Waals surface area contributed by atoms with E-state index in [2.05, 4.69) is 11.9 Å². The molecule has 0 bridgehead atoms. The van der Waals surface area contributed by atoms with E-state index in [1.807, 2.05) is 81.0 Å². The molecule has 3 aromatic heterocycles. The van der Waals surface area contributed by atoms with E-state index in [4.69, 9.17) is 9.84 Å². The Morgan fingerprint density at radius 2 is 1.74 bits per heavy atom. The van der Waals surface area contributed by atoms with Crippen LogP contribution in [0.4, 0.5) is 0 Å². The van der Waals surface area contributed by atoms with Gasteiger partial charge in [-0.2, -0.15) is 5.10 Å². The number of pyridine rings is 1. The monoisotopic (exact) mass is 415 g/mol. The van der Waals surface area contributed by atoms with Crippen LogP contribution in [0.2, 0.25) is 0 Å². The summed E-state index contributed by atoms with van der Waals surface area (Å²) in [5.74, 6) is 0.887. The Hall–Kier alpha value is -3.58. The number of rotatable bonds is 4.